The third-order valence-electron chi connectivity index (χ3n) is 5.19. The number of amides is 1. The first-order chi connectivity index (χ1) is 13.0. The number of benzene rings is 2. The van der Waals surface area contributed by atoms with Crippen molar-refractivity contribution in [2.75, 3.05) is 27.3 Å². The maximum atomic E-state index is 12.9. The van der Waals surface area contributed by atoms with Crippen molar-refractivity contribution in [2.24, 2.45) is 11.8 Å². The van der Waals surface area contributed by atoms with Crippen molar-refractivity contribution >= 4 is 17.5 Å². The molecule has 1 fully saturated rings. The molecule has 1 aliphatic rings. The summed E-state index contributed by atoms with van der Waals surface area (Å²) in [6, 6.07) is 12.7. The molecular formula is C21H25ClN2O3. The number of nitrogens with one attached hydrogen (secondary N) is 2. The molecule has 0 aromatic heterocycles. The zero-order valence-corrected chi connectivity index (χ0v) is 16.5. The highest BCUT2D eigenvalue weighted by molar-refractivity contribution is 6.31. The van der Waals surface area contributed by atoms with Gasteiger partial charge in [-0.2, -0.15) is 0 Å². The Balaban J connectivity index is 1.98. The molecule has 1 heterocycles. The number of hydrogen-bond donors (Lipinski definition) is 2. The van der Waals surface area contributed by atoms with Gasteiger partial charge >= 0.3 is 0 Å². The predicted molar refractivity (Wildman–Crippen MR) is 107 cm³/mol. The number of rotatable bonds is 7. The highest BCUT2D eigenvalue weighted by Crippen LogP contribution is 2.36. The smallest absolute Gasteiger partial charge is 0.223 e. The molecule has 2 N–H and O–H groups in total. The minimum absolute atomic E-state index is 0.00397. The number of carbonyl (C=O) groups excluding carboxylic acids is 1. The Morgan fingerprint density at radius 2 is 1.89 bits per heavy atom. The quantitative estimate of drug-likeness (QED) is 0.763. The second kappa shape index (κ2) is 8.63. The molecule has 1 saturated heterocycles. The summed E-state index contributed by atoms with van der Waals surface area (Å²) in [4.78, 5) is 12.9. The normalized spacial score (nSPS) is 16.1. The van der Waals surface area contributed by atoms with E-state index in [1.165, 1.54) is 0 Å². The summed E-state index contributed by atoms with van der Waals surface area (Å²) in [5.41, 5.74) is 1.66. The molecule has 2 aromatic rings. The van der Waals surface area contributed by atoms with Gasteiger partial charge in [0.25, 0.3) is 0 Å². The van der Waals surface area contributed by atoms with Crippen LogP contribution in [-0.4, -0.2) is 33.2 Å². The molecule has 1 amide bonds. The van der Waals surface area contributed by atoms with Crippen LogP contribution >= 0.6 is 11.6 Å². The third kappa shape index (κ3) is 4.20. The third-order valence-corrected chi connectivity index (χ3v) is 5.53. The number of halogens is 1. The maximum Gasteiger partial charge on any atom is 0.223 e. The van der Waals surface area contributed by atoms with E-state index < -0.39 is 6.04 Å². The molecule has 5 nitrogen and oxygen atoms in total. The minimum Gasteiger partial charge on any atom is -0.497 e. The molecule has 1 aliphatic heterocycles. The number of methoxy groups -OCH3 is 2. The summed E-state index contributed by atoms with van der Waals surface area (Å²) < 4.78 is 10.9. The van der Waals surface area contributed by atoms with Gasteiger partial charge in [0, 0.05) is 22.6 Å². The predicted octanol–water partition coefficient (Wildman–Crippen LogP) is 3.42. The van der Waals surface area contributed by atoms with E-state index in [1.807, 2.05) is 49.4 Å². The lowest BCUT2D eigenvalue weighted by atomic mass is 9.87. The van der Waals surface area contributed by atoms with Crippen LogP contribution < -0.4 is 20.1 Å². The van der Waals surface area contributed by atoms with E-state index in [4.69, 9.17) is 21.1 Å². The van der Waals surface area contributed by atoms with Crippen molar-refractivity contribution in [3.05, 3.63) is 58.6 Å². The van der Waals surface area contributed by atoms with Gasteiger partial charge in [0.15, 0.2) is 0 Å². The van der Waals surface area contributed by atoms with Crippen LogP contribution in [0.2, 0.25) is 5.02 Å². The first-order valence-corrected chi connectivity index (χ1v) is 9.40. The van der Waals surface area contributed by atoms with Crippen LogP contribution in [0.1, 0.15) is 24.1 Å². The van der Waals surface area contributed by atoms with Crippen LogP contribution in [-0.2, 0) is 4.79 Å². The van der Waals surface area contributed by atoms with Crippen LogP contribution in [0.15, 0.2) is 42.5 Å². The Morgan fingerprint density at radius 1 is 1.15 bits per heavy atom. The zero-order chi connectivity index (χ0) is 19.4. The van der Waals surface area contributed by atoms with Crippen molar-refractivity contribution in [1.82, 2.24) is 10.6 Å². The second-order valence-electron chi connectivity index (χ2n) is 6.78. The molecule has 2 atom stereocenters. The number of hydrogen-bond acceptors (Lipinski definition) is 4. The van der Waals surface area contributed by atoms with Gasteiger partial charge in [-0.05, 0) is 42.8 Å². The molecule has 0 radical (unpaired) electrons. The van der Waals surface area contributed by atoms with Crippen LogP contribution in [0.5, 0.6) is 11.5 Å². The maximum absolute atomic E-state index is 12.9. The average molecular weight is 389 g/mol. The van der Waals surface area contributed by atoms with E-state index in [9.17, 15) is 4.79 Å². The highest BCUT2D eigenvalue weighted by atomic mass is 35.5. The number of ether oxygens (including phenoxy) is 2. The average Bonchev–Trinajstić information content (AvgIpc) is 2.64. The van der Waals surface area contributed by atoms with E-state index in [0.717, 1.165) is 24.2 Å². The van der Waals surface area contributed by atoms with Crippen molar-refractivity contribution in [3.8, 4) is 11.5 Å². The largest absolute Gasteiger partial charge is 0.497 e. The molecule has 2 aromatic carbocycles. The van der Waals surface area contributed by atoms with Crippen molar-refractivity contribution < 1.29 is 14.3 Å². The van der Waals surface area contributed by atoms with Crippen LogP contribution in [0.4, 0.5) is 0 Å². The molecule has 2 unspecified atom stereocenters. The molecule has 6 heteroatoms. The van der Waals surface area contributed by atoms with Gasteiger partial charge in [-0.25, -0.2) is 0 Å². The fraction of sp³-hybridized carbons (Fsp3) is 0.381. The van der Waals surface area contributed by atoms with Crippen LogP contribution in [0, 0.1) is 11.8 Å². The lowest BCUT2D eigenvalue weighted by Gasteiger charge is -2.33. The lowest BCUT2D eigenvalue weighted by Crippen LogP contribution is -2.50. The summed E-state index contributed by atoms with van der Waals surface area (Å²) >= 11 is 6.46. The fourth-order valence-electron chi connectivity index (χ4n) is 3.24. The lowest BCUT2D eigenvalue weighted by molar-refractivity contribution is -0.127. The van der Waals surface area contributed by atoms with Gasteiger partial charge in [-0.3, -0.25) is 4.79 Å². The Morgan fingerprint density at radius 3 is 2.48 bits per heavy atom. The van der Waals surface area contributed by atoms with E-state index in [-0.39, 0.29) is 11.8 Å². The summed E-state index contributed by atoms with van der Waals surface area (Å²) in [6.07, 6.45) is 0. The second-order valence-corrected chi connectivity index (χ2v) is 7.19. The topological polar surface area (TPSA) is 59.6 Å². The zero-order valence-electron chi connectivity index (χ0n) is 15.8. The molecule has 0 bridgehead atoms. The van der Waals surface area contributed by atoms with E-state index in [1.54, 1.807) is 14.2 Å². The first kappa shape index (κ1) is 19.5. The molecule has 144 valence electrons. The highest BCUT2D eigenvalue weighted by Gasteiger charge is 2.31. The Labute approximate surface area is 165 Å². The molecule has 0 spiro atoms. The summed E-state index contributed by atoms with van der Waals surface area (Å²) in [5, 5.41) is 6.99. The Hall–Kier alpha value is -2.24. The molecule has 27 heavy (non-hydrogen) atoms. The van der Waals surface area contributed by atoms with Crippen molar-refractivity contribution in [1.29, 1.82) is 0 Å². The molecular weight excluding hydrogens is 364 g/mol. The number of carbonyl (C=O) groups is 1. The minimum atomic E-state index is -0.414. The van der Waals surface area contributed by atoms with Crippen LogP contribution in [0.3, 0.4) is 0 Å². The van der Waals surface area contributed by atoms with E-state index in [0.29, 0.717) is 22.4 Å². The SMILES string of the molecule is COc1ccc(C(NC(=O)C(C)C2CNC2)c2ccccc2Cl)c(OC)c1. The monoisotopic (exact) mass is 388 g/mol. The van der Waals surface area contributed by atoms with Gasteiger partial charge in [0.2, 0.25) is 5.91 Å². The fourth-order valence-corrected chi connectivity index (χ4v) is 3.49. The van der Waals surface area contributed by atoms with Gasteiger partial charge in [0.05, 0.1) is 20.3 Å². The van der Waals surface area contributed by atoms with Gasteiger partial charge in [-0.1, -0.05) is 36.7 Å². The Kier molecular flexibility index (Phi) is 6.24. The van der Waals surface area contributed by atoms with E-state index in [2.05, 4.69) is 10.6 Å². The standard InChI is InChI=1S/C21H25ClN2O3/c1-13(14-11-23-12-14)21(25)24-20(16-6-4-5-7-18(16)22)17-9-8-15(26-2)10-19(17)27-3/h4-10,13-14,20,23H,11-12H2,1-3H3,(H,24,25). The summed E-state index contributed by atoms with van der Waals surface area (Å²) in [5.74, 6) is 1.60. The molecule has 0 saturated carbocycles. The first-order valence-electron chi connectivity index (χ1n) is 9.02. The van der Waals surface area contributed by atoms with Gasteiger partial charge < -0.3 is 20.1 Å². The van der Waals surface area contributed by atoms with Gasteiger partial charge in [0.1, 0.15) is 11.5 Å². The van der Waals surface area contributed by atoms with Crippen molar-refractivity contribution in [2.45, 2.75) is 13.0 Å². The molecule has 3 rings (SSSR count). The van der Waals surface area contributed by atoms with Crippen LogP contribution in [0.25, 0.3) is 0 Å². The molecule has 0 aliphatic carbocycles. The summed E-state index contributed by atoms with van der Waals surface area (Å²) in [7, 11) is 3.21. The van der Waals surface area contributed by atoms with Gasteiger partial charge in [-0.15, -0.1) is 0 Å². The Bertz CT molecular complexity index is 808. The van der Waals surface area contributed by atoms with E-state index >= 15 is 0 Å². The van der Waals surface area contributed by atoms with Crippen molar-refractivity contribution in [3.63, 3.8) is 0 Å². The summed E-state index contributed by atoms with van der Waals surface area (Å²) in [6.45, 7) is 3.71.